The maximum absolute atomic E-state index is 5.64. The number of benzene rings is 1. The van der Waals surface area contributed by atoms with E-state index < -0.39 is 0 Å². The van der Waals surface area contributed by atoms with Crippen LogP contribution in [0.5, 0.6) is 5.75 Å². The van der Waals surface area contributed by atoms with Crippen molar-refractivity contribution in [2.24, 2.45) is 0 Å². The molecule has 0 aliphatic heterocycles. The lowest BCUT2D eigenvalue weighted by Gasteiger charge is -2.05. The van der Waals surface area contributed by atoms with Crippen LogP contribution in [-0.4, -0.2) is 16.2 Å². The van der Waals surface area contributed by atoms with Crippen LogP contribution in [0.4, 0.5) is 0 Å². The monoisotopic (exact) mass is 270 g/mol. The van der Waals surface area contributed by atoms with Gasteiger partial charge in [0.2, 0.25) is 5.89 Å². The van der Waals surface area contributed by atoms with Crippen molar-refractivity contribution in [3.05, 3.63) is 47.8 Å². The Morgan fingerprint density at radius 1 is 1.25 bits per heavy atom. The Balaban J connectivity index is 1.92. The maximum atomic E-state index is 5.64. The minimum Gasteiger partial charge on any atom is -0.494 e. The second kappa shape index (κ2) is 5.04. The first-order chi connectivity index (χ1) is 9.67. The Morgan fingerprint density at radius 3 is 2.80 bits per heavy atom. The zero-order valence-electron chi connectivity index (χ0n) is 12.0. The molecule has 0 saturated heterocycles. The molecule has 0 aliphatic carbocycles. The summed E-state index contributed by atoms with van der Waals surface area (Å²) in [6.45, 7) is 7.22. The summed E-state index contributed by atoms with van der Waals surface area (Å²) < 4.78 is 13.3. The predicted octanol–water partition coefficient (Wildman–Crippen LogP) is 3.69. The van der Waals surface area contributed by atoms with E-state index in [1.165, 1.54) is 0 Å². The second-order valence-electron chi connectivity index (χ2n) is 4.85. The zero-order chi connectivity index (χ0) is 14.1. The lowest BCUT2D eigenvalue weighted by Crippen LogP contribution is -1.98. The zero-order valence-corrected chi connectivity index (χ0v) is 12.0. The van der Waals surface area contributed by atoms with Gasteiger partial charge in [0.1, 0.15) is 11.5 Å². The molecule has 0 amide bonds. The number of fused-ring (bicyclic) bond motifs is 1. The molecular weight excluding hydrogens is 252 g/mol. The van der Waals surface area contributed by atoms with Gasteiger partial charge < -0.3 is 13.7 Å². The quantitative estimate of drug-likeness (QED) is 0.726. The lowest BCUT2D eigenvalue weighted by atomic mass is 10.2. The number of hydrogen-bond acceptors (Lipinski definition) is 3. The molecule has 0 aliphatic rings. The van der Waals surface area contributed by atoms with Crippen molar-refractivity contribution in [3.63, 3.8) is 0 Å². The Kier molecular flexibility index (Phi) is 3.22. The van der Waals surface area contributed by atoms with Gasteiger partial charge in [0, 0.05) is 17.1 Å². The topological polar surface area (TPSA) is 40.2 Å². The normalized spacial score (nSPS) is 11.2. The van der Waals surface area contributed by atoms with Gasteiger partial charge in [-0.2, -0.15) is 0 Å². The molecule has 4 heteroatoms. The summed E-state index contributed by atoms with van der Waals surface area (Å²) in [6, 6.07) is 8.21. The number of aryl methyl sites for hydroxylation is 2. The molecule has 0 radical (unpaired) electrons. The van der Waals surface area contributed by atoms with Crippen LogP contribution in [0, 0.1) is 13.8 Å². The third-order valence-corrected chi connectivity index (χ3v) is 3.43. The highest BCUT2D eigenvalue weighted by atomic mass is 16.5. The number of nitrogens with zero attached hydrogens (tertiary/aromatic N) is 2. The van der Waals surface area contributed by atoms with Crippen LogP contribution in [0.2, 0.25) is 0 Å². The number of rotatable bonds is 4. The fourth-order valence-electron chi connectivity index (χ4n) is 2.33. The van der Waals surface area contributed by atoms with Crippen LogP contribution in [0.1, 0.15) is 24.3 Å². The first kappa shape index (κ1) is 12.8. The van der Waals surface area contributed by atoms with E-state index in [4.69, 9.17) is 9.15 Å². The molecule has 104 valence electrons. The lowest BCUT2D eigenvalue weighted by molar-refractivity contribution is 0.340. The molecule has 4 nitrogen and oxygen atoms in total. The van der Waals surface area contributed by atoms with E-state index in [1.807, 2.05) is 26.8 Å². The highest BCUT2D eigenvalue weighted by molar-refractivity contribution is 5.81. The number of aromatic nitrogens is 2. The molecule has 1 aromatic carbocycles. The van der Waals surface area contributed by atoms with Crippen LogP contribution in [0.3, 0.4) is 0 Å². The third-order valence-electron chi connectivity index (χ3n) is 3.43. The van der Waals surface area contributed by atoms with Crippen molar-refractivity contribution in [1.29, 1.82) is 0 Å². The molecule has 0 spiro atoms. The molecule has 3 aromatic rings. The SMILES string of the molecule is CCOc1ccc2c(ccn2Cc2nc(C)c(C)o2)c1. The summed E-state index contributed by atoms with van der Waals surface area (Å²) in [5, 5.41) is 1.16. The fourth-order valence-corrected chi connectivity index (χ4v) is 2.33. The Labute approximate surface area is 118 Å². The Morgan fingerprint density at radius 2 is 2.10 bits per heavy atom. The van der Waals surface area contributed by atoms with Crippen LogP contribution < -0.4 is 4.74 Å². The molecule has 0 N–H and O–H groups in total. The molecule has 0 bridgehead atoms. The predicted molar refractivity (Wildman–Crippen MR) is 78.2 cm³/mol. The molecule has 0 unspecified atom stereocenters. The Hall–Kier alpha value is -2.23. The van der Waals surface area contributed by atoms with Gasteiger partial charge in [0.15, 0.2) is 0 Å². The molecule has 2 heterocycles. The van der Waals surface area contributed by atoms with E-state index in [0.29, 0.717) is 13.2 Å². The van der Waals surface area contributed by atoms with E-state index >= 15 is 0 Å². The summed E-state index contributed by atoms with van der Waals surface area (Å²) in [5.41, 5.74) is 2.11. The van der Waals surface area contributed by atoms with Crippen molar-refractivity contribution in [1.82, 2.24) is 9.55 Å². The highest BCUT2D eigenvalue weighted by Crippen LogP contribution is 2.23. The van der Waals surface area contributed by atoms with E-state index in [9.17, 15) is 0 Å². The first-order valence-electron chi connectivity index (χ1n) is 6.82. The van der Waals surface area contributed by atoms with Gasteiger partial charge in [0.05, 0.1) is 18.8 Å². The van der Waals surface area contributed by atoms with Gasteiger partial charge in [-0.05, 0) is 45.0 Å². The van der Waals surface area contributed by atoms with E-state index in [1.54, 1.807) is 0 Å². The van der Waals surface area contributed by atoms with Gasteiger partial charge in [-0.1, -0.05) is 0 Å². The summed E-state index contributed by atoms with van der Waals surface area (Å²) in [5.74, 6) is 2.53. The molecule has 0 saturated carbocycles. The van der Waals surface area contributed by atoms with Crippen molar-refractivity contribution in [2.75, 3.05) is 6.61 Å². The van der Waals surface area contributed by atoms with Crippen molar-refractivity contribution in [2.45, 2.75) is 27.3 Å². The van der Waals surface area contributed by atoms with Crippen LogP contribution in [0.15, 0.2) is 34.9 Å². The van der Waals surface area contributed by atoms with Crippen molar-refractivity contribution >= 4 is 10.9 Å². The van der Waals surface area contributed by atoms with E-state index in [0.717, 1.165) is 34.0 Å². The summed E-state index contributed by atoms with van der Waals surface area (Å²) in [6.07, 6.45) is 2.05. The Bertz CT molecular complexity index is 721. The minimum atomic E-state index is 0.645. The standard InChI is InChI=1S/C16H18N2O2/c1-4-19-14-5-6-15-13(9-14)7-8-18(15)10-16-17-11(2)12(3)20-16/h5-9H,4,10H2,1-3H3. The van der Waals surface area contributed by atoms with Gasteiger partial charge in [-0.15, -0.1) is 0 Å². The van der Waals surface area contributed by atoms with Gasteiger partial charge in [-0.25, -0.2) is 4.98 Å². The molecule has 3 rings (SSSR count). The summed E-state index contributed by atoms with van der Waals surface area (Å²) in [7, 11) is 0. The number of oxazole rings is 1. The molecular formula is C16H18N2O2. The van der Waals surface area contributed by atoms with Gasteiger partial charge in [-0.3, -0.25) is 0 Å². The molecule has 0 atom stereocenters. The minimum absolute atomic E-state index is 0.645. The smallest absolute Gasteiger partial charge is 0.214 e. The van der Waals surface area contributed by atoms with Crippen LogP contribution in [-0.2, 0) is 6.54 Å². The number of hydrogen-bond donors (Lipinski definition) is 0. The van der Waals surface area contributed by atoms with Crippen molar-refractivity contribution in [3.8, 4) is 5.75 Å². The van der Waals surface area contributed by atoms with Gasteiger partial charge >= 0.3 is 0 Å². The van der Waals surface area contributed by atoms with E-state index in [2.05, 4.69) is 33.9 Å². The third kappa shape index (κ3) is 2.29. The summed E-state index contributed by atoms with van der Waals surface area (Å²) >= 11 is 0. The summed E-state index contributed by atoms with van der Waals surface area (Å²) in [4.78, 5) is 4.43. The number of ether oxygens (including phenoxy) is 1. The van der Waals surface area contributed by atoms with Crippen molar-refractivity contribution < 1.29 is 9.15 Å². The maximum Gasteiger partial charge on any atom is 0.214 e. The van der Waals surface area contributed by atoms with Crippen LogP contribution in [0.25, 0.3) is 10.9 Å². The highest BCUT2D eigenvalue weighted by Gasteiger charge is 2.08. The second-order valence-corrected chi connectivity index (χ2v) is 4.85. The fraction of sp³-hybridized carbons (Fsp3) is 0.312. The molecule has 0 fully saturated rings. The van der Waals surface area contributed by atoms with Gasteiger partial charge in [0.25, 0.3) is 0 Å². The molecule has 20 heavy (non-hydrogen) atoms. The van der Waals surface area contributed by atoms with Crippen LogP contribution >= 0.6 is 0 Å². The first-order valence-corrected chi connectivity index (χ1v) is 6.82. The largest absolute Gasteiger partial charge is 0.494 e. The molecule has 2 aromatic heterocycles. The average Bonchev–Trinajstić information content (AvgIpc) is 2.95. The van der Waals surface area contributed by atoms with E-state index in [-0.39, 0.29) is 0 Å². The average molecular weight is 270 g/mol.